The number of aliphatic hydroxyl groups is 1. The van der Waals surface area contributed by atoms with Gasteiger partial charge in [0.05, 0.1) is 34.2 Å². The van der Waals surface area contributed by atoms with E-state index in [9.17, 15) is 39.3 Å². The van der Waals surface area contributed by atoms with Gasteiger partial charge in [0.1, 0.15) is 12.7 Å². The van der Waals surface area contributed by atoms with Crippen molar-refractivity contribution in [3.63, 3.8) is 0 Å². The number of aliphatic hydroxyl groups excluding tert-OH is 1. The van der Waals surface area contributed by atoms with E-state index in [0.717, 1.165) is 4.90 Å². The maximum Gasteiger partial charge on any atom is 0.336 e. The smallest absolute Gasteiger partial charge is 0.336 e. The first kappa shape index (κ1) is 30.0. The van der Waals surface area contributed by atoms with Gasteiger partial charge < -0.3 is 30.3 Å². The maximum atomic E-state index is 13.3. The first-order valence-corrected chi connectivity index (χ1v) is 12.0. The van der Waals surface area contributed by atoms with Gasteiger partial charge in [0.25, 0.3) is 11.8 Å². The minimum absolute atomic E-state index is 0.0698. The zero-order chi connectivity index (χ0) is 28.5. The summed E-state index contributed by atoms with van der Waals surface area (Å²) in [5, 5.41) is 31.9. The summed E-state index contributed by atoms with van der Waals surface area (Å²) in [6.45, 7) is 4.21. The lowest BCUT2D eigenvalue weighted by Crippen LogP contribution is -2.44. The number of carbonyl (C=O) groups is 5. The highest BCUT2D eigenvalue weighted by atomic mass is 16.5. The third kappa shape index (κ3) is 7.87. The zero-order valence-electron chi connectivity index (χ0n) is 21.5. The van der Waals surface area contributed by atoms with E-state index in [-0.39, 0.29) is 41.9 Å². The van der Waals surface area contributed by atoms with Crippen molar-refractivity contribution in [1.29, 1.82) is 0 Å². The number of ether oxygens (including phenoxy) is 1. The first-order chi connectivity index (χ1) is 17.9. The molecule has 0 fully saturated rings. The lowest BCUT2D eigenvalue weighted by molar-refractivity contribution is -0.157. The monoisotopic (exact) mass is 528 g/mol. The molecule has 0 aliphatic carbocycles. The van der Waals surface area contributed by atoms with Crippen molar-refractivity contribution in [3.05, 3.63) is 70.8 Å². The van der Waals surface area contributed by atoms with Crippen molar-refractivity contribution >= 4 is 29.7 Å². The van der Waals surface area contributed by atoms with Gasteiger partial charge in [0.15, 0.2) is 0 Å². The van der Waals surface area contributed by atoms with Crippen LogP contribution in [0.4, 0.5) is 0 Å². The van der Waals surface area contributed by atoms with Crippen LogP contribution in [0, 0.1) is 5.41 Å². The lowest BCUT2D eigenvalue weighted by atomic mass is 9.91. The second kappa shape index (κ2) is 13.3. The quantitative estimate of drug-likeness (QED) is 0.285. The van der Waals surface area contributed by atoms with Gasteiger partial charge in [-0.15, -0.1) is 0 Å². The molecule has 0 aliphatic rings. The summed E-state index contributed by atoms with van der Waals surface area (Å²) in [7, 11) is 0. The zero-order valence-corrected chi connectivity index (χ0v) is 21.5. The molecule has 0 saturated heterocycles. The molecule has 1 atom stereocenters. The van der Waals surface area contributed by atoms with Gasteiger partial charge in [0.2, 0.25) is 0 Å². The summed E-state index contributed by atoms with van der Waals surface area (Å²) in [6, 6.07) is 11.2. The number of benzene rings is 2. The predicted octanol–water partition coefficient (Wildman–Crippen LogP) is 2.30. The Labute approximate surface area is 220 Å². The molecule has 0 spiro atoms. The van der Waals surface area contributed by atoms with Crippen molar-refractivity contribution in [2.75, 3.05) is 26.2 Å². The minimum atomic E-state index is -1.32. The fraction of sp³-hybridized carbons (Fsp3) is 0.370. The van der Waals surface area contributed by atoms with Crippen LogP contribution >= 0.6 is 0 Å². The molecule has 11 heteroatoms. The van der Waals surface area contributed by atoms with Crippen molar-refractivity contribution in [2.24, 2.45) is 5.41 Å². The first-order valence-electron chi connectivity index (χ1n) is 12.0. The van der Waals surface area contributed by atoms with Crippen LogP contribution in [0.3, 0.4) is 0 Å². The Morgan fingerprint density at radius 3 is 1.92 bits per heavy atom. The van der Waals surface area contributed by atoms with E-state index in [2.05, 4.69) is 5.32 Å². The molecule has 2 rings (SSSR count). The van der Waals surface area contributed by atoms with E-state index in [0.29, 0.717) is 6.42 Å². The molecule has 0 aliphatic heterocycles. The van der Waals surface area contributed by atoms with Gasteiger partial charge in [-0.2, -0.15) is 0 Å². The van der Waals surface area contributed by atoms with Crippen molar-refractivity contribution in [3.8, 4) is 0 Å². The van der Waals surface area contributed by atoms with Crippen LogP contribution in [0.5, 0.6) is 0 Å². The molecule has 0 bridgehead atoms. The number of nitrogens with one attached hydrogen (secondary N) is 1. The second-order valence-electron chi connectivity index (χ2n) is 9.20. The van der Waals surface area contributed by atoms with Crippen LogP contribution < -0.4 is 5.32 Å². The number of hydrogen-bond acceptors (Lipinski definition) is 7. The molecule has 1 unspecified atom stereocenters. The Morgan fingerprint density at radius 2 is 1.39 bits per heavy atom. The topological polar surface area (TPSA) is 171 Å². The number of esters is 1. The molecule has 11 nitrogen and oxygen atoms in total. The summed E-state index contributed by atoms with van der Waals surface area (Å²) in [6.07, 6.45) is -0.778. The summed E-state index contributed by atoms with van der Waals surface area (Å²) in [5.74, 6) is -4.51. The highest BCUT2D eigenvalue weighted by Crippen LogP contribution is 2.21. The Hall–Kier alpha value is -4.25. The van der Waals surface area contributed by atoms with E-state index in [4.69, 9.17) is 4.74 Å². The van der Waals surface area contributed by atoms with Crippen LogP contribution in [0.25, 0.3) is 0 Å². The van der Waals surface area contributed by atoms with E-state index in [1.807, 2.05) is 6.92 Å². The summed E-state index contributed by atoms with van der Waals surface area (Å²) in [5.41, 5.74) is -1.39. The Morgan fingerprint density at radius 1 is 0.895 bits per heavy atom. The lowest BCUT2D eigenvalue weighted by Gasteiger charge is -2.27. The molecule has 0 saturated carbocycles. The number of aromatic carboxylic acids is 2. The van der Waals surface area contributed by atoms with E-state index >= 15 is 0 Å². The van der Waals surface area contributed by atoms with Crippen molar-refractivity contribution in [1.82, 2.24) is 10.2 Å². The highest BCUT2D eigenvalue weighted by molar-refractivity contribution is 6.05. The standard InChI is InChI=1S/C27H32N2O9/c1-4-27(2,3)26(37)38-16-17(30)15-29(23(32)19-10-6-8-12-21(19)25(35)36)14-13-28-22(31)18-9-5-7-11-20(18)24(33)34/h5-12,17,30H,4,13-16H2,1-3H3,(H,28,31)(H,33,34)(H,35,36). The van der Waals surface area contributed by atoms with Crippen molar-refractivity contribution < 1.29 is 44.0 Å². The second-order valence-corrected chi connectivity index (χ2v) is 9.20. The SMILES string of the molecule is CCC(C)(C)C(=O)OCC(O)CN(CCNC(=O)c1ccccc1C(=O)O)C(=O)c1ccccc1C(=O)O. The van der Waals surface area contributed by atoms with Crippen LogP contribution in [-0.4, -0.2) is 82.3 Å². The van der Waals surface area contributed by atoms with Gasteiger partial charge in [-0.25, -0.2) is 9.59 Å². The molecular formula is C27H32N2O9. The largest absolute Gasteiger partial charge is 0.478 e. The number of rotatable bonds is 13. The van der Waals surface area contributed by atoms with Crippen LogP contribution in [0.1, 0.15) is 68.6 Å². The molecule has 0 heterocycles. The maximum absolute atomic E-state index is 13.3. The van der Waals surface area contributed by atoms with Crippen molar-refractivity contribution in [2.45, 2.75) is 33.3 Å². The minimum Gasteiger partial charge on any atom is -0.478 e. The Bertz CT molecular complexity index is 1190. The number of nitrogens with zero attached hydrogens (tertiary/aromatic N) is 1. The molecule has 4 N–H and O–H groups in total. The number of carboxylic acid groups (broad SMARTS) is 2. The predicted molar refractivity (Wildman–Crippen MR) is 136 cm³/mol. The molecule has 2 aromatic carbocycles. The van der Waals surface area contributed by atoms with Gasteiger partial charge in [0, 0.05) is 13.1 Å². The summed E-state index contributed by atoms with van der Waals surface area (Å²) >= 11 is 0. The van der Waals surface area contributed by atoms with Crippen LogP contribution in [0.2, 0.25) is 0 Å². The normalized spacial score (nSPS) is 11.8. The average Bonchev–Trinajstić information content (AvgIpc) is 2.90. The number of carbonyl (C=O) groups excluding carboxylic acids is 3. The summed E-state index contributed by atoms with van der Waals surface area (Å²) in [4.78, 5) is 62.3. The van der Waals surface area contributed by atoms with Gasteiger partial charge in [-0.3, -0.25) is 14.4 Å². The van der Waals surface area contributed by atoms with Gasteiger partial charge in [-0.1, -0.05) is 31.2 Å². The molecule has 38 heavy (non-hydrogen) atoms. The van der Waals surface area contributed by atoms with Crippen LogP contribution in [0.15, 0.2) is 48.5 Å². The third-order valence-electron chi connectivity index (χ3n) is 6.02. The molecule has 2 aromatic rings. The van der Waals surface area contributed by atoms with Crippen LogP contribution in [-0.2, 0) is 9.53 Å². The molecule has 204 valence electrons. The highest BCUT2D eigenvalue weighted by Gasteiger charge is 2.29. The van der Waals surface area contributed by atoms with E-state index in [1.54, 1.807) is 13.8 Å². The number of amides is 2. The van der Waals surface area contributed by atoms with Gasteiger partial charge >= 0.3 is 17.9 Å². The molecule has 0 radical (unpaired) electrons. The number of hydrogen-bond donors (Lipinski definition) is 4. The van der Waals surface area contributed by atoms with E-state index < -0.39 is 47.8 Å². The third-order valence-corrected chi connectivity index (χ3v) is 6.02. The fourth-order valence-corrected chi connectivity index (χ4v) is 3.39. The molecular weight excluding hydrogens is 496 g/mol. The Balaban J connectivity index is 2.18. The average molecular weight is 529 g/mol. The van der Waals surface area contributed by atoms with Gasteiger partial charge in [-0.05, 0) is 44.5 Å². The Kier molecular flexibility index (Phi) is 10.5. The van der Waals surface area contributed by atoms with E-state index in [1.165, 1.54) is 48.5 Å². The molecule has 0 aromatic heterocycles. The molecule has 2 amide bonds. The summed E-state index contributed by atoms with van der Waals surface area (Å²) < 4.78 is 5.20. The fourth-order valence-electron chi connectivity index (χ4n) is 3.39. The number of carboxylic acids is 2.